The number of nitrogens with one attached hydrogen (secondary N) is 1. The van der Waals surface area contributed by atoms with Crippen LogP contribution in [0.1, 0.15) is 25.7 Å². The third kappa shape index (κ3) is 3.74. The topological polar surface area (TPSA) is 69.7 Å². The van der Waals surface area contributed by atoms with Gasteiger partial charge in [0.1, 0.15) is 0 Å². The molecule has 8 heteroatoms. The van der Waals surface area contributed by atoms with E-state index in [1.807, 2.05) is 7.05 Å². The third-order valence-electron chi connectivity index (χ3n) is 4.72. The number of carbonyl (C=O) groups excluding carboxylic acids is 1. The Kier molecular flexibility index (Phi) is 6.25. The molecule has 2 aliphatic heterocycles. The summed E-state index contributed by atoms with van der Waals surface area (Å²) in [6.45, 7) is 1.79. The molecule has 1 amide bonds. The second-order valence-corrected chi connectivity index (χ2v) is 8.05. The van der Waals surface area contributed by atoms with Crippen molar-refractivity contribution in [2.24, 2.45) is 0 Å². The van der Waals surface area contributed by atoms with Gasteiger partial charge in [0.05, 0.1) is 4.90 Å². The van der Waals surface area contributed by atoms with E-state index in [-0.39, 0.29) is 18.3 Å². The Morgan fingerprint density at radius 1 is 1.08 bits per heavy atom. The average molecular weight is 374 g/mol. The first-order chi connectivity index (χ1) is 11.0. The lowest BCUT2D eigenvalue weighted by atomic mass is 10.1. The molecule has 1 aromatic carbocycles. The summed E-state index contributed by atoms with van der Waals surface area (Å²) in [5.74, 6) is 0.106. The minimum absolute atomic E-state index is 0. The van der Waals surface area contributed by atoms with Crippen molar-refractivity contribution < 1.29 is 13.2 Å². The minimum atomic E-state index is -3.45. The van der Waals surface area contributed by atoms with Gasteiger partial charge in [-0.05, 0) is 50.6 Å². The molecule has 0 radical (unpaired) electrons. The Hall–Kier alpha value is -1.15. The van der Waals surface area contributed by atoms with E-state index >= 15 is 0 Å². The summed E-state index contributed by atoms with van der Waals surface area (Å²) in [6.07, 6.45) is 3.09. The summed E-state index contributed by atoms with van der Waals surface area (Å²) in [4.78, 5) is 13.8. The van der Waals surface area contributed by atoms with Crippen LogP contribution < -0.4 is 10.2 Å². The molecule has 0 saturated carbocycles. The minimum Gasteiger partial charge on any atom is -0.317 e. The van der Waals surface area contributed by atoms with E-state index in [9.17, 15) is 13.2 Å². The summed E-state index contributed by atoms with van der Waals surface area (Å²) in [7, 11) is -1.54. The molecule has 2 aliphatic rings. The Morgan fingerprint density at radius 3 is 2.21 bits per heavy atom. The van der Waals surface area contributed by atoms with Gasteiger partial charge in [-0.1, -0.05) is 0 Å². The summed E-state index contributed by atoms with van der Waals surface area (Å²) in [5.41, 5.74) is 0.778. The van der Waals surface area contributed by atoms with Crippen molar-refractivity contribution in [2.45, 2.75) is 36.6 Å². The van der Waals surface area contributed by atoms with Crippen LogP contribution in [0.15, 0.2) is 29.2 Å². The molecule has 6 nitrogen and oxygen atoms in total. The molecule has 0 aromatic heterocycles. The van der Waals surface area contributed by atoms with Crippen LogP contribution in [0.4, 0.5) is 5.69 Å². The molecule has 2 fully saturated rings. The first-order valence-corrected chi connectivity index (χ1v) is 9.54. The quantitative estimate of drug-likeness (QED) is 0.870. The van der Waals surface area contributed by atoms with E-state index < -0.39 is 10.0 Å². The molecule has 2 saturated heterocycles. The maximum atomic E-state index is 12.7. The monoisotopic (exact) mass is 373 g/mol. The highest BCUT2D eigenvalue weighted by Crippen LogP contribution is 2.25. The number of anilines is 1. The van der Waals surface area contributed by atoms with Gasteiger partial charge in [-0.25, -0.2) is 8.42 Å². The van der Waals surface area contributed by atoms with Gasteiger partial charge in [0, 0.05) is 37.8 Å². The van der Waals surface area contributed by atoms with Crippen molar-refractivity contribution in [3.63, 3.8) is 0 Å². The van der Waals surface area contributed by atoms with Crippen LogP contribution in [0, 0.1) is 0 Å². The number of amides is 1. The normalized spacial score (nSPS) is 20.2. The number of sulfonamides is 1. The van der Waals surface area contributed by atoms with E-state index in [4.69, 9.17) is 0 Å². The van der Waals surface area contributed by atoms with E-state index in [2.05, 4.69) is 5.32 Å². The van der Waals surface area contributed by atoms with Crippen LogP contribution in [-0.4, -0.2) is 51.4 Å². The van der Waals surface area contributed by atoms with Gasteiger partial charge in [-0.2, -0.15) is 4.31 Å². The van der Waals surface area contributed by atoms with Gasteiger partial charge in [0.25, 0.3) is 0 Å². The number of carbonyl (C=O) groups is 1. The molecule has 0 bridgehead atoms. The van der Waals surface area contributed by atoms with Crippen LogP contribution in [-0.2, 0) is 14.8 Å². The maximum Gasteiger partial charge on any atom is 0.243 e. The van der Waals surface area contributed by atoms with Crippen molar-refractivity contribution in [1.82, 2.24) is 9.62 Å². The van der Waals surface area contributed by atoms with Gasteiger partial charge in [0.15, 0.2) is 0 Å². The first-order valence-electron chi connectivity index (χ1n) is 8.10. The van der Waals surface area contributed by atoms with Crippen LogP contribution in [0.25, 0.3) is 0 Å². The van der Waals surface area contributed by atoms with Crippen LogP contribution in [0.2, 0.25) is 0 Å². The third-order valence-corrected chi connectivity index (χ3v) is 6.63. The molecule has 3 rings (SSSR count). The van der Waals surface area contributed by atoms with Crippen LogP contribution in [0.5, 0.6) is 0 Å². The van der Waals surface area contributed by atoms with E-state index in [1.165, 1.54) is 0 Å². The van der Waals surface area contributed by atoms with E-state index in [0.717, 1.165) is 24.9 Å². The fourth-order valence-electron chi connectivity index (χ4n) is 3.25. The van der Waals surface area contributed by atoms with E-state index in [1.54, 1.807) is 33.5 Å². The molecule has 0 aliphatic carbocycles. The standard InChI is InChI=1S/C16H23N3O3S.ClH/c1-17-13-8-11-18(12-9-13)23(21,22)15-6-4-14(5-7-15)19-10-2-3-16(19)20;/h4-7,13,17H,2-3,8-12H2,1H3;1H. The van der Waals surface area contributed by atoms with Gasteiger partial charge < -0.3 is 10.2 Å². The smallest absolute Gasteiger partial charge is 0.243 e. The van der Waals surface area contributed by atoms with Gasteiger partial charge in [-0.15, -0.1) is 12.4 Å². The number of halogens is 1. The molecule has 24 heavy (non-hydrogen) atoms. The second kappa shape index (κ2) is 7.82. The predicted octanol–water partition coefficient (Wildman–Crippen LogP) is 1.61. The van der Waals surface area contributed by atoms with Gasteiger partial charge in [-0.3, -0.25) is 4.79 Å². The molecule has 1 N–H and O–H groups in total. The Morgan fingerprint density at radius 2 is 1.71 bits per heavy atom. The lowest BCUT2D eigenvalue weighted by Gasteiger charge is -2.31. The SMILES string of the molecule is CNC1CCN(S(=O)(=O)c2ccc(N3CCCC3=O)cc2)CC1.Cl. The number of hydrogen-bond acceptors (Lipinski definition) is 4. The average Bonchev–Trinajstić information content (AvgIpc) is 3.01. The highest BCUT2D eigenvalue weighted by atomic mass is 35.5. The Balaban J connectivity index is 0.00000208. The molecular weight excluding hydrogens is 350 g/mol. The van der Waals surface area contributed by atoms with Gasteiger partial charge in [0.2, 0.25) is 15.9 Å². The highest BCUT2D eigenvalue weighted by Gasteiger charge is 2.29. The molecule has 1 aromatic rings. The van der Waals surface area contributed by atoms with Crippen molar-refractivity contribution in [2.75, 3.05) is 31.6 Å². The lowest BCUT2D eigenvalue weighted by Crippen LogP contribution is -2.43. The predicted molar refractivity (Wildman–Crippen MR) is 96.1 cm³/mol. The fourth-order valence-corrected chi connectivity index (χ4v) is 4.72. The lowest BCUT2D eigenvalue weighted by molar-refractivity contribution is -0.117. The molecule has 0 unspecified atom stereocenters. The maximum absolute atomic E-state index is 12.7. The fraction of sp³-hybridized carbons (Fsp3) is 0.562. The van der Waals surface area contributed by atoms with Crippen LogP contribution >= 0.6 is 12.4 Å². The molecule has 0 atom stereocenters. The summed E-state index contributed by atoms with van der Waals surface area (Å²) < 4.78 is 27.0. The van der Waals surface area contributed by atoms with Gasteiger partial charge >= 0.3 is 0 Å². The number of rotatable bonds is 4. The number of piperidine rings is 1. The Labute approximate surface area is 149 Å². The number of benzene rings is 1. The number of hydrogen-bond donors (Lipinski definition) is 1. The number of nitrogens with zero attached hydrogens (tertiary/aromatic N) is 2. The highest BCUT2D eigenvalue weighted by molar-refractivity contribution is 7.89. The Bertz CT molecular complexity index is 670. The zero-order chi connectivity index (χ0) is 16.4. The molecular formula is C16H24ClN3O3S. The van der Waals surface area contributed by atoms with Crippen LogP contribution in [0.3, 0.4) is 0 Å². The van der Waals surface area contributed by atoms with Crippen molar-refractivity contribution >= 4 is 34.0 Å². The molecule has 134 valence electrons. The molecule has 0 spiro atoms. The second-order valence-electron chi connectivity index (χ2n) is 6.11. The zero-order valence-electron chi connectivity index (χ0n) is 13.8. The zero-order valence-corrected chi connectivity index (χ0v) is 15.4. The largest absolute Gasteiger partial charge is 0.317 e. The summed E-state index contributed by atoms with van der Waals surface area (Å²) in [6, 6.07) is 7.08. The van der Waals surface area contributed by atoms with Crippen molar-refractivity contribution in [3.8, 4) is 0 Å². The van der Waals surface area contributed by atoms with Crippen molar-refractivity contribution in [1.29, 1.82) is 0 Å². The first kappa shape index (κ1) is 19.2. The molecule has 2 heterocycles. The summed E-state index contributed by atoms with van der Waals surface area (Å²) in [5, 5.41) is 3.20. The van der Waals surface area contributed by atoms with E-state index in [0.29, 0.717) is 37.0 Å². The summed E-state index contributed by atoms with van der Waals surface area (Å²) >= 11 is 0. The van der Waals surface area contributed by atoms with Crippen molar-refractivity contribution in [3.05, 3.63) is 24.3 Å².